The summed E-state index contributed by atoms with van der Waals surface area (Å²) in [6.45, 7) is 7.00. The van der Waals surface area contributed by atoms with Gasteiger partial charge in [-0.05, 0) is 0 Å². The van der Waals surface area contributed by atoms with Crippen LogP contribution in [0.2, 0.25) is 28.1 Å². The van der Waals surface area contributed by atoms with Gasteiger partial charge >= 0.3 is 127 Å². The molecule has 0 aliphatic carbocycles. The summed E-state index contributed by atoms with van der Waals surface area (Å²) in [6.07, 6.45) is 8.85. The molecule has 0 spiro atoms. The molecule has 0 heterocycles. The first-order valence-electron chi connectivity index (χ1n) is 7.68. The van der Waals surface area contributed by atoms with E-state index in [9.17, 15) is 0 Å². The predicted molar refractivity (Wildman–Crippen MR) is 88.2 cm³/mol. The number of hydrogen-bond acceptors (Lipinski definition) is 0. The molecule has 0 aliphatic rings. The average molecular weight is 525 g/mol. The van der Waals surface area contributed by atoms with Crippen LogP contribution in [0.5, 0.6) is 0 Å². The number of unbranched alkanes of at least 4 members (excludes halogenated alkanes) is 3. The molecule has 0 saturated carbocycles. The van der Waals surface area contributed by atoms with Crippen LogP contribution >= 0.6 is 0 Å². The van der Waals surface area contributed by atoms with Gasteiger partial charge in [0.05, 0.1) is 0 Å². The normalized spacial score (nSPS) is 8.53. The third-order valence-corrected chi connectivity index (χ3v) is 11.7. The van der Waals surface area contributed by atoms with Crippen LogP contribution < -0.4 is 24.8 Å². The maximum atomic E-state index is 2.36. The molecule has 118 valence electrons. The van der Waals surface area contributed by atoms with Crippen molar-refractivity contribution >= 4 is 39.5 Å². The Bertz CT molecular complexity index is 112. The second-order valence-corrected chi connectivity index (χ2v) is 22.7. The van der Waals surface area contributed by atoms with Gasteiger partial charge in [-0.15, -0.1) is 0 Å². The van der Waals surface area contributed by atoms with E-state index in [-0.39, 0.29) is 24.8 Å². The fraction of sp³-hybridized carbons (Fsp3) is 1.00. The molecule has 0 radical (unpaired) electrons. The molecule has 0 unspecified atom stereocenters. The summed E-state index contributed by atoms with van der Waals surface area (Å²) in [4.78, 5) is 7.09. The molecular formula is C15H36Cl2Sn2. The molecule has 0 aromatic rings. The molecule has 0 bridgehead atoms. The summed E-state index contributed by atoms with van der Waals surface area (Å²) in [5.41, 5.74) is 0. The van der Waals surface area contributed by atoms with E-state index >= 15 is 0 Å². The second kappa shape index (κ2) is 25.1. The smallest absolute Gasteiger partial charge is 1.00 e. The monoisotopic (exact) mass is 526 g/mol. The Morgan fingerprint density at radius 2 is 0.789 bits per heavy atom. The van der Waals surface area contributed by atoms with Gasteiger partial charge in [0.1, 0.15) is 0 Å². The largest absolute Gasteiger partial charge is 1.00 e. The van der Waals surface area contributed by atoms with E-state index in [1.54, 1.807) is 13.3 Å². The van der Waals surface area contributed by atoms with Crippen LogP contribution in [0.4, 0.5) is 0 Å². The molecular weight excluding hydrogens is 488 g/mol. The Morgan fingerprint density at radius 1 is 0.579 bits per heavy atom. The summed E-state index contributed by atoms with van der Waals surface area (Å²) >= 11 is -1.38. The van der Waals surface area contributed by atoms with Crippen LogP contribution in [0.3, 0.4) is 0 Å². The first-order valence-corrected chi connectivity index (χ1v) is 22.3. The Hall–Kier alpha value is 2.18. The minimum atomic E-state index is -0.839. The molecule has 0 N–H and O–H groups in total. The topological polar surface area (TPSA) is 0 Å². The van der Waals surface area contributed by atoms with E-state index in [0.29, 0.717) is 0 Å². The Balaban J connectivity index is -0.000000165. The van der Waals surface area contributed by atoms with E-state index in [4.69, 9.17) is 0 Å². The quantitative estimate of drug-likeness (QED) is 0.380. The van der Waals surface area contributed by atoms with Crippen molar-refractivity contribution in [1.29, 1.82) is 0 Å². The minimum absolute atomic E-state index is 0. The summed E-state index contributed by atoms with van der Waals surface area (Å²) in [5.74, 6) is 0. The third-order valence-electron chi connectivity index (χ3n) is 2.65. The molecule has 0 fully saturated rings. The zero-order chi connectivity index (χ0) is 13.5. The molecule has 0 rings (SSSR count). The van der Waals surface area contributed by atoms with Crippen LogP contribution in [-0.2, 0) is 0 Å². The van der Waals surface area contributed by atoms with Crippen LogP contribution in [-0.4, -0.2) is 39.5 Å². The summed E-state index contributed by atoms with van der Waals surface area (Å²) < 4.78 is 5.04. The molecule has 0 amide bonds. The van der Waals surface area contributed by atoms with E-state index in [1.807, 2.05) is 0 Å². The molecule has 4 heteroatoms. The van der Waals surface area contributed by atoms with Crippen LogP contribution in [0, 0.1) is 0 Å². The molecule has 0 nitrogen and oxygen atoms in total. The van der Waals surface area contributed by atoms with Crippen molar-refractivity contribution in [2.24, 2.45) is 0 Å². The van der Waals surface area contributed by atoms with Crippen molar-refractivity contribution in [3.63, 3.8) is 0 Å². The van der Waals surface area contributed by atoms with Gasteiger partial charge in [-0.1, -0.05) is 0 Å². The second-order valence-electron chi connectivity index (χ2n) is 5.56. The molecule has 19 heavy (non-hydrogen) atoms. The van der Waals surface area contributed by atoms with Gasteiger partial charge in [-0.2, -0.15) is 0 Å². The van der Waals surface area contributed by atoms with Crippen molar-refractivity contribution in [2.75, 3.05) is 0 Å². The number of halogens is 2. The van der Waals surface area contributed by atoms with Crippen molar-refractivity contribution in [3.05, 3.63) is 0 Å². The zero-order valence-electron chi connectivity index (χ0n) is 14.1. The Kier molecular flexibility index (Phi) is 38.7. The first kappa shape index (κ1) is 29.2. The fourth-order valence-electron chi connectivity index (χ4n) is 1.66. The predicted octanol–water partition coefficient (Wildman–Crippen LogP) is 0.260. The molecule has 0 aromatic carbocycles. The number of rotatable bonds is 9. The van der Waals surface area contributed by atoms with Gasteiger partial charge in [0, 0.05) is 0 Å². The minimum Gasteiger partial charge on any atom is -1.00 e. The molecule has 0 saturated heterocycles. The van der Waals surface area contributed by atoms with Gasteiger partial charge in [-0.3, -0.25) is 0 Å². The maximum absolute atomic E-state index is 2.36. The van der Waals surface area contributed by atoms with E-state index in [1.165, 1.54) is 38.5 Å². The maximum Gasteiger partial charge on any atom is -1.00 e. The Labute approximate surface area is 150 Å². The van der Waals surface area contributed by atoms with Crippen molar-refractivity contribution in [3.8, 4) is 0 Å². The molecule has 0 aromatic heterocycles. The first-order chi connectivity index (χ1) is 8.08. The van der Waals surface area contributed by atoms with Crippen molar-refractivity contribution in [1.82, 2.24) is 0 Å². The van der Waals surface area contributed by atoms with E-state index in [0.717, 1.165) is 0 Å². The van der Waals surface area contributed by atoms with E-state index in [2.05, 4.69) is 35.6 Å². The molecule has 0 aliphatic heterocycles. The standard InChI is InChI=1S/3C4H9.3CH3.2ClH.2Sn/c3*1-3-4-2;;;;;;;/h3*1,3-4H2,2H3;3*1H3;2*1H;;/q;;;;;;;;2*+1/p-2. The van der Waals surface area contributed by atoms with E-state index < -0.39 is 39.5 Å². The van der Waals surface area contributed by atoms with Gasteiger partial charge in [0.2, 0.25) is 0 Å². The van der Waals surface area contributed by atoms with Gasteiger partial charge in [0.25, 0.3) is 0 Å². The van der Waals surface area contributed by atoms with Crippen LogP contribution in [0.1, 0.15) is 59.3 Å². The summed E-state index contributed by atoms with van der Waals surface area (Å²) in [5, 5.41) is 0. The van der Waals surface area contributed by atoms with Gasteiger partial charge in [0.15, 0.2) is 0 Å². The number of hydrogen-bond donors (Lipinski definition) is 0. The Morgan fingerprint density at radius 3 is 0.947 bits per heavy atom. The SMILES string of the molecule is CCC[CH2][Sn+]([CH2]CCC)[CH2]CCC.[CH3][Sn+]([CH3])[CH3].[Cl-].[Cl-]. The van der Waals surface area contributed by atoms with Crippen molar-refractivity contribution in [2.45, 2.75) is 87.4 Å². The van der Waals surface area contributed by atoms with Gasteiger partial charge < -0.3 is 24.8 Å². The molecule has 0 atom stereocenters. The fourth-order valence-corrected chi connectivity index (χ4v) is 11.1. The summed E-state index contributed by atoms with van der Waals surface area (Å²) in [7, 11) is 0. The van der Waals surface area contributed by atoms with Crippen LogP contribution in [0.15, 0.2) is 0 Å². The third kappa shape index (κ3) is 33.2. The average Bonchev–Trinajstić information content (AvgIpc) is 2.27. The zero-order valence-corrected chi connectivity index (χ0v) is 21.3. The van der Waals surface area contributed by atoms with Crippen LogP contribution in [0.25, 0.3) is 0 Å². The van der Waals surface area contributed by atoms with Crippen molar-refractivity contribution < 1.29 is 24.8 Å². The summed E-state index contributed by atoms with van der Waals surface area (Å²) in [6, 6.07) is 0. The van der Waals surface area contributed by atoms with Gasteiger partial charge in [-0.25, -0.2) is 0 Å².